The maximum absolute atomic E-state index is 13.2. The minimum atomic E-state index is -0.630. The van der Waals surface area contributed by atoms with Crippen LogP contribution in [-0.2, 0) is 4.79 Å². The monoisotopic (exact) mass is 335 g/mol. The van der Waals surface area contributed by atoms with E-state index < -0.39 is 11.9 Å². The quantitative estimate of drug-likeness (QED) is 0.936. The molecule has 2 N–H and O–H groups in total. The first-order valence-corrected chi connectivity index (χ1v) is 8.59. The van der Waals surface area contributed by atoms with Gasteiger partial charge in [0, 0.05) is 12.1 Å². The first-order valence-electron chi connectivity index (χ1n) is 8.59. The number of piperidine rings is 1. The van der Waals surface area contributed by atoms with Gasteiger partial charge in [0.1, 0.15) is 6.04 Å². The Morgan fingerprint density at radius 2 is 1.84 bits per heavy atom. The van der Waals surface area contributed by atoms with Crippen LogP contribution in [0.1, 0.15) is 34.3 Å². The topological polar surface area (TPSA) is 63.4 Å². The van der Waals surface area contributed by atoms with E-state index >= 15 is 0 Å². The van der Waals surface area contributed by atoms with Crippen molar-refractivity contribution in [3.8, 4) is 11.1 Å². The third-order valence-electron chi connectivity index (χ3n) is 4.86. The molecule has 1 atom stereocenters. The van der Waals surface area contributed by atoms with Gasteiger partial charge in [-0.3, -0.25) is 9.59 Å². The number of benzene rings is 2. The first kappa shape index (κ1) is 17.2. The van der Waals surface area contributed by atoms with E-state index in [0.29, 0.717) is 12.1 Å². The number of carbonyl (C=O) groups excluding carboxylic acids is 2. The van der Waals surface area contributed by atoms with Gasteiger partial charge in [0.25, 0.3) is 5.91 Å². The summed E-state index contributed by atoms with van der Waals surface area (Å²) in [6.45, 7) is 4.67. The number of amides is 2. The van der Waals surface area contributed by atoms with Crippen LogP contribution in [0.3, 0.4) is 0 Å². The molecule has 1 aliphatic heterocycles. The van der Waals surface area contributed by atoms with Crippen molar-refractivity contribution in [1.82, 2.24) is 4.90 Å². The molecule has 2 amide bonds. The molecule has 25 heavy (non-hydrogen) atoms. The standard InChI is InChI=1S/C21H23N2O2/c1-14-10-11-16(13-15(14)2)17-7-3-4-8-18(17)21(25)23-12-6-5-9-19(23)20(22)24/h3-4,7-11,13,19H,5-6,12H2,1-2H3,(H2,22,24). The molecule has 4 nitrogen and oxygen atoms in total. The molecule has 2 aromatic rings. The SMILES string of the molecule is Cc1ccc(-c2ccccc2C(=O)N2CCC[CH]C2C(N)=O)cc1C. The van der Waals surface area contributed by atoms with Crippen molar-refractivity contribution in [1.29, 1.82) is 0 Å². The Kier molecular flexibility index (Phi) is 4.88. The fourth-order valence-electron chi connectivity index (χ4n) is 3.29. The normalized spacial score (nSPS) is 17.4. The molecule has 3 rings (SSSR count). The molecule has 0 saturated carbocycles. The highest BCUT2D eigenvalue weighted by Crippen LogP contribution is 2.28. The lowest BCUT2D eigenvalue weighted by atomic mass is 9.94. The molecular formula is C21H23N2O2. The fraction of sp³-hybridized carbons (Fsp3) is 0.286. The Bertz CT molecular complexity index is 813. The van der Waals surface area contributed by atoms with Gasteiger partial charge in [-0.15, -0.1) is 0 Å². The van der Waals surface area contributed by atoms with Gasteiger partial charge in [0.05, 0.1) is 0 Å². The van der Waals surface area contributed by atoms with E-state index in [2.05, 4.69) is 26.0 Å². The maximum Gasteiger partial charge on any atom is 0.255 e. The minimum absolute atomic E-state index is 0.145. The second-order valence-electron chi connectivity index (χ2n) is 6.57. The van der Waals surface area contributed by atoms with E-state index in [1.165, 1.54) is 11.1 Å². The van der Waals surface area contributed by atoms with Gasteiger partial charge in [-0.05, 0) is 61.4 Å². The lowest BCUT2D eigenvalue weighted by molar-refractivity contribution is -0.121. The van der Waals surface area contributed by atoms with Crippen LogP contribution in [0.4, 0.5) is 0 Å². The van der Waals surface area contributed by atoms with E-state index in [9.17, 15) is 9.59 Å². The Labute approximate surface area is 148 Å². The molecule has 2 aromatic carbocycles. The Hall–Kier alpha value is -2.62. The number of likely N-dealkylation sites (tertiary alicyclic amines) is 1. The lowest BCUT2D eigenvalue weighted by Crippen LogP contribution is -2.50. The van der Waals surface area contributed by atoms with Crippen LogP contribution in [0.5, 0.6) is 0 Å². The summed E-state index contributed by atoms with van der Waals surface area (Å²) in [5, 5.41) is 0. The first-order chi connectivity index (χ1) is 12.0. The fourth-order valence-corrected chi connectivity index (χ4v) is 3.29. The van der Waals surface area contributed by atoms with Crippen molar-refractivity contribution >= 4 is 11.8 Å². The Morgan fingerprint density at radius 1 is 1.08 bits per heavy atom. The Morgan fingerprint density at radius 3 is 2.56 bits per heavy atom. The van der Waals surface area contributed by atoms with Crippen molar-refractivity contribution in [2.75, 3.05) is 6.54 Å². The highest BCUT2D eigenvalue weighted by atomic mass is 16.2. The van der Waals surface area contributed by atoms with Crippen LogP contribution >= 0.6 is 0 Å². The molecular weight excluding hydrogens is 312 g/mol. The van der Waals surface area contributed by atoms with E-state index in [1.54, 1.807) is 4.90 Å². The summed E-state index contributed by atoms with van der Waals surface area (Å²) in [5.41, 5.74) is 10.4. The number of nitrogens with zero attached hydrogens (tertiary/aromatic N) is 1. The molecule has 4 heteroatoms. The average Bonchev–Trinajstić information content (AvgIpc) is 2.63. The van der Waals surface area contributed by atoms with Crippen molar-refractivity contribution in [3.05, 3.63) is 65.6 Å². The summed E-state index contributed by atoms with van der Waals surface area (Å²) in [6.07, 6.45) is 3.49. The number of carbonyl (C=O) groups is 2. The molecule has 1 unspecified atom stereocenters. The zero-order valence-electron chi connectivity index (χ0n) is 14.7. The third-order valence-corrected chi connectivity index (χ3v) is 4.86. The van der Waals surface area contributed by atoms with Gasteiger partial charge >= 0.3 is 0 Å². The highest BCUT2D eigenvalue weighted by molar-refractivity contribution is 6.03. The zero-order chi connectivity index (χ0) is 18.0. The zero-order valence-corrected chi connectivity index (χ0v) is 14.7. The van der Waals surface area contributed by atoms with Crippen LogP contribution in [0.2, 0.25) is 0 Å². The molecule has 0 aliphatic carbocycles. The molecule has 1 saturated heterocycles. The molecule has 1 aliphatic rings. The van der Waals surface area contributed by atoms with Gasteiger partial charge in [0.15, 0.2) is 0 Å². The van der Waals surface area contributed by atoms with Crippen molar-refractivity contribution in [2.45, 2.75) is 32.7 Å². The summed E-state index contributed by atoms with van der Waals surface area (Å²) in [7, 11) is 0. The summed E-state index contributed by atoms with van der Waals surface area (Å²) >= 11 is 0. The average molecular weight is 335 g/mol. The second kappa shape index (κ2) is 7.09. The second-order valence-corrected chi connectivity index (χ2v) is 6.57. The van der Waals surface area contributed by atoms with E-state index in [0.717, 1.165) is 24.0 Å². The predicted octanol–water partition coefficient (Wildman–Crippen LogP) is 3.26. The molecule has 0 spiro atoms. The summed E-state index contributed by atoms with van der Waals surface area (Å²) < 4.78 is 0. The van der Waals surface area contributed by atoms with Crippen LogP contribution < -0.4 is 5.73 Å². The summed E-state index contributed by atoms with van der Waals surface area (Å²) in [4.78, 5) is 26.5. The number of hydrogen-bond acceptors (Lipinski definition) is 2. The number of primary amides is 1. The van der Waals surface area contributed by atoms with E-state index in [4.69, 9.17) is 5.73 Å². The van der Waals surface area contributed by atoms with E-state index in [-0.39, 0.29) is 5.91 Å². The molecule has 1 heterocycles. The number of nitrogens with two attached hydrogens (primary N) is 1. The number of hydrogen-bond donors (Lipinski definition) is 1. The maximum atomic E-state index is 13.2. The van der Waals surface area contributed by atoms with E-state index in [1.807, 2.05) is 36.8 Å². The van der Waals surface area contributed by atoms with Crippen molar-refractivity contribution in [2.24, 2.45) is 5.73 Å². The largest absolute Gasteiger partial charge is 0.368 e. The van der Waals surface area contributed by atoms with Gasteiger partial charge in [-0.1, -0.05) is 36.4 Å². The minimum Gasteiger partial charge on any atom is -0.368 e. The third kappa shape index (κ3) is 3.43. The van der Waals surface area contributed by atoms with Crippen LogP contribution in [0.25, 0.3) is 11.1 Å². The lowest BCUT2D eigenvalue weighted by Gasteiger charge is -2.34. The molecule has 1 radical (unpaired) electrons. The van der Waals surface area contributed by atoms with Crippen LogP contribution in [0, 0.1) is 20.3 Å². The molecule has 129 valence electrons. The number of aryl methyl sites for hydroxylation is 2. The predicted molar refractivity (Wildman–Crippen MR) is 98.9 cm³/mol. The van der Waals surface area contributed by atoms with Gasteiger partial charge < -0.3 is 10.6 Å². The Balaban J connectivity index is 2.01. The van der Waals surface area contributed by atoms with Crippen molar-refractivity contribution in [3.63, 3.8) is 0 Å². The van der Waals surface area contributed by atoms with Gasteiger partial charge in [0.2, 0.25) is 5.91 Å². The summed E-state index contributed by atoms with van der Waals surface area (Å²) in [5.74, 6) is -0.620. The highest BCUT2D eigenvalue weighted by Gasteiger charge is 2.32. The molecule has 1 fully saturated rings. The van der Waals surface area contributed by atoms with Crippen LogP contribution in [0.15, 0.2) is 42.5 Å². The molecule has 0 aromatic heterocycles. The van der Waals surface area contributed by atoms with Crippen molar-refractivity contribution < 1.29 is 9.59 Å². The number of rotatable bonds is 3. The molecule has 0 bridgehead atoms. The smallest absolute Gasteiger partial charge is 0.255 e. The van der Waals surface area contributed by atoms with Gasteiger partial charge in [-0.2, -0.15) is 0 Å². The summed E-state index contributed by atoms with van der Waals surface area (Å²) in [6, 6.07) is 13.1. The van der Waals surface area contributed by atoms with Crippen LogP contribution in [-0.4, -0.2) is 29.3 Å². The van der Waals surface area contributed by atoms with Gasteiger partial charge in [-0.25, -0.2) is 0 Å².